The molecule has 0 unspecified atom stereocenters. The molecular formula is C24H25ClN4O4. The van der Waals surface area contributed by atoms with Crippen molar-refractivity contribution in [2.45, 2.75) is 0 Å². The molecule has 0 N–H and O–H groups in total. The topological polar surface area (TPSA) is 77.0 Å². The van der Waals surface area contributed by atoms with Crippen LogP contribution in [0.15, 0.2) is 54.6 Å². The van der Waals surface area contributed by atoms with E-state index in [0.717, 1.165) is 17.1 Å². The molecule has 3 aromatic rings. The van der Waals surface area contributed by atoms with Gasteiger partial charge >= 0.3 is 0 Å². The normalized spacial score (nSPS) is 13.5. The maximum atomic E-state index is 12.6. The number of benzene rings is 2. The van der Waals surface area contributed by atoms with Crippen LogP contribution in [0.2, 0.25) is 5.02 Å². The van der Waals surface area contributed by atoms with E-state index in [4.69, 9.17) is 25.8 Å². The Morgan fingerprint density at radius 3 is 2.09 bits per heavy atom. The van der Waals surface area contributed by atoms with E-state index in [1.54, 1.807) is 37.3 Å². The average molecular weight is 469 g/mol. The van der Waals surface area contributed by atoms with Crippen molar-refractivity contribution in [3.8, 4) is 28.5 Å². The van der Waals surface area contributed by atoms with Crippen LogP contribution in [-0.4, -0.2) is 68.0 Å². The van der Waals surface area contributed by atoms with E-state index in [-0.39, 0.29) is 12.5 Å². The van der Waals surface area contributed by atoms with Gasteiger partial charge in [-0.25, -0.2) is 0 Å². The average Bonchev–Trinajstić information content (AvgIpc) is 2.87. The Morgan fingerprint density at radius 1 is 0.879 bits per heavy atom. The first-order chi connectivity index (χ1) is 16.1. The van der Waals surface area contributed by atoms with Gasteiger partial charge in [0.1, 0.15) is 17.2 Å². The molecule has 0 spiro atoms. The van der Waals surface area contributed by atoms with Gasteiger partial charge in [0.25, 0.3) is 5.91 Å². The lowest BCUT2D eigenvalue weighted by Crippen LogP contribution is -2.50. The number of anilines is 1. The highest BCUT2D eigenvalue weighted by atomic mass is 35.5. The predicted octanol–water partition coefficient (Wildman–Crippen LogP) is 3.54. The van der Waals surface area contributed by atoms with Crippen molar-refractivity contribution in [1.82, 2.24) is 15.1 Å². The Bertz CT molecular complexity index is 1060. The van der Waals surface area contributed by atoms with Crippen LogP contribution in [0.3, 0.4) is 0 Å². The second kappa shape index (κ2) is 10.4. The van der Waals surface area contributed by atoms with E-state index in [1.807, 2.05) is 36.4 Å². The highest BCUT2D eigenvalue weighted by Gasteiger charge is 2.22. The summed E-state index contributed by atoms with van der Waals surface area (Å²) in [4.78, 5) is 16.5. The molecular weight excluding hydrogens is 444 g/mol. The second-order valence-electron chi connectivity index (χ2n) is 7.49. The van der Waals surface area contributed by atoms with Gasteiger partial charge in [0.05, 0.1) is 19.9 Å². The van der Waals surface area contributed by atoms with Gasteiger partial charge in [0.15, 0.2) is 12.4 Å². The Balaban J connectivity index is 1.29. The van der Waals surface area contributed by atoms with E-state index in [9.17, 15) is 4.79 Å². The van der Waals surface area contributed by atoms with Crippen LogP contribution in [-0.2, 0) is 4.79 Å². The van der Waals surface area contributed by atoms with Crippen molar-refractivity contribution in [1.29, 1.82) is 0 Å². The number of aromatic nitrogens is 2. The quantitative estimate of drug-likeness (QED) is 0.524. The van der Waals surface area contributed by atoms with E-state index in [2.05, 4.69) is 15.1 Å². The zero-order chi connectivity index (χ0) is 23.2. The lowest BCUT2D eigenvalue weighted by atomic mass is 10.1. The zero-order valence-electron chi connectivity index (χ0n) is 18.5. The van der Waals surface area contributed by atoms with Crippen LogP contribution in [0, 0.1) is 0 Å². The summed E-state index contributed by atoms with van der Waals surface area (Å²) in [5.41, 5.74) is 1.75. The molecule has 4 rings (SSSR count). The van der Waals surface area contributed by atoms with Gasteiger partial charge in [-0.1, -0.05) is 23.7 Å². The number of ether oxygens (including phenoxy) is 3. The van der Waals surface area contributed by atoms with Crippen LogP contribution in [0.5, 0.6) is 17.2 Å². The molecule has 1 aliphatic heterocycles. The minimum Gasteiger partial charge on any atom is -0.496 e. The zero-order valence-corrected chi connectivity index (χ0v) is 19.3. The maximum Gasteiger partial charge on any atom is 0.260 e. The fraction of sp³-hybridized carbons (Fsp3) is 0.292. The van der Waals surface area contributed by atoms with Crippen molar-refractivity contribution in [3.63, 3.8) is 0 Å². The molecule has 33 heavy (non-hydrogen) atoms. The predicted molar refractivity (Wildman–Crippen MR) is 126 cm³/mol. The van der Waals surface area contributed by atoms with E-state index in [0.29, 0.717) is 48.5 Å². The molecule has 1 aliphatic rings. The fourth-order valence-electron chi connectivity index (χ4n) is 3.55. The SMILES string of the molecule is COc1cc(OC)cc(OCC(=O)N2CCN(c3ccc(-c4ccc(Cl)cc4)nn3)CC2)c1. The molecule has 9 heteroatoms. The van der Waals surface area contributed by atoms with E-state index < -0.39 is 0 Å². The standard InChI is InChI=1S/C24H25ClN4O4/c1-31-19-13-20(32-2)15-21(14-19)33-16-24(30)29-11-9-28(10-12-29)23-8-7-22(26-27-23)17-3-5-18(25)6-4-17/h3-8,13-15H,9-12,16H2,1-2H3. The number of rotatable bonds is 7. The molecule has 8 nitrogen and oxygen atoms in total. The monoisotopic (exact) mass is 468 g/mol. The van der Waals surface area contributed by atoms with Crippen molar-refractivity contribution >= 4 is 23.3 Å². The minimum absolute atomic E-state index is 0.0497. The number of halogens is 1. The Kier molecular flexibility index (Phi) is 7.14. The molecule has 0 bridgehead atoms. The molecule has 0 aliphatic carbocycles. The number of amides is 1. The van der Waals surface area contributed by atoms with Crippen molar-refractivity contribution < 1.29 is 19.0 Å². The Hall–Kier alpha value is -3.52. The van der Waals surface area contributed by atoms with Gasteiger partial charge in [0.2, 0.25) is 0 Å². The van der Waals surface area contributed by atoms with Gasteiger partial charge < -0.3 is 24.0 Å². The number of carbonyl (C=O) groups excluding carboxylic acids is 1. The van der Waals surface area contributed by atoms with Gasteiger partial charge in [-0.2, -0.15) is 0 Å². The molecule has 0 radical (unpaired) electrons. The van der Waals surface area contributed by atoms with Crippen LogP contribution >= 0.6 is 11.6 Å². The number of nitrogens with zero attached hydrogens (tertiary/aromatic N) is 4. The van der Waals surface area contributed by atoms with Crippen LogP contribution in [0.25, 0.3) is 11.3 Å². The van der Waals surface area contributed by atoms with Gasteiger partial charge in [0, 0.05) is 55.0 Å². The van der Waals surface area contributed by atoms with E-state index >= 15 is 0 Å². The minimum atomic E-state index is -0.0689. The number of methoxy groups -OCH3 is 2. The first kappa shape index (κ1) is 22.7. The molecule has 1 saturated heterocycles. The van der Waals surface area contributed by atoms with Gasteiger partial charge in [-0.3, -0.25) is 4.79 Å². The maximum absolute atomic E-state index is 12.6. The Labute approximate surface area is 197 Å². The summed E-state index contributed by atoms with van der Waals surface area (Å²) in [5, 5.41) is 9.40. The van der Waals surface area contributed by atoms with Crippen molar-refractivity contribution in [3.05, 3.63) is 59.6 Å². The highest BCUT2D eigenvalue weighted by Crippen LogP contribution is 2.27. The number of piperazine rings is 1. The summed E-state index contributed by atoms with van der Waals surface area (Å²) in [6.45, 7) is 2.47. The molecule has 1 fully saturated rings. The van der Waals surface area contributed by atoms with Gasteiger partial charge in [-0.05, 0) is 24.3 Å². The number of hydrogen-bond donors (Lipinski definition) is 0. The summed E-state index contributed by atoms with van der Waals surface area (Å²) in [7, 11) is 3.14. The lowest BCUT2D eigenvalue weighted by Gasteiger charge is -2.35. The lowest BCUT2D eigenvalue weighted by molar-refractivity contribution is -0.133. The summed E-state index contributed by atoms with van der Waals surface area (Å²) in [6, 6.07) is 16.6. The van der Waals surface area contributed by atoms with Crippen molar-refractivity contribution in [2.75, 3.05) is 51.9 Å². The molecule has 0 saturated carbocycles. The molecule has 2 aromatic carbocycles. The molecule has 172 valence electrons. The van der Waals surface area contributed by atoms with Crippen molar-refractivity contribution in [2.24, 2.45) is 0 Å². The molecule has 1 amide bonds. The third-order valence-corrected chi connectivity index (χ3v) is 5.69. The third kappa shape index (κ3) is 5.64. The van der Waals surface area contributed by atoms with Crippen LogP contribution in [0.1, 0.15) is 0 Å². The molecule has 0 atom stereocenters. The number of carbonyl (C=O) groups is 1. The first-order valence-corrected chi connectivity index (χ1v) is 10.9. The summed E-state index contributed by atoms with van der Waals surface area (Å²) >= 11 is 5.95. The first-order valence-electron chi connectivity index (χ1n) is 10.5. The summed E-state index contributed by atoms with van der Waals surface area (Å²) < 4.78 is 16.2. The smallest absolute Gasteiger partial charge is 0.260 e. The van der Waals surface area contributed by atoms with E-state index in [1.165, 1.54) is 0 Å². The summed E-state index contributed by atoms with van der Waals surface area (Å²) in [5.74, 6) is 2.46. The highest BCUT2D eigenvalue weighted by molar-refractivity contribution is 6.30. The molecule has 1 aromatic heterocycles. The molecule has 2 heterocycles. The van der Waals surface area contributed by atoms with Crippen LogP contribution in [0.4, 0.5) is 5.82 Å². The largest absolute Gasteiger partial charge is 0.496 e. The Morgan fingerprint density at radius 2 is 1.52 bits per heavy atom. The number of hydrogen-bond acceptors (Lipinski definition) is 7. The fourth-order valence-corrected chi connectivity index (χ4v) is 3.68. The second-order valence-corrected chi connectivity index (χ2v) is 7.92. The van der Waals surface area contributed by atoms with Crippen LogP contribution < -0.4 is 19.1 Å². The third-order valence-electron chi connectivity index (χ3n) is 5.43. The van der Waals surface area contributed by atoms with Gasteiger partial charge in [-0.15, -0.1) is 10.2 Å². The summed E-state index contributed by atoms with van der Waals surface area (Å²) in [6.07, 6.45) is 0.